The minimum absolute atomic E-state index is 0.0537. The van der Waals surface area contributed by atoms with Gasteiger partial charge in [0.15, 0.2) is 5.78 Å². The summed E-state index contributed by atoms with van der Waals surface area (Å²) in [6.45, 7) is 0. The number of rotatable bonds is 3. The summed E-state index contributed by atoms with van der Waals surface area (Å²) in [5.74, 6) is -0.0537. The number of Topliss-reactive ketones (excluding diaryl/α,β-unsaturated/α-hetero) is 1. The van der Waals surface area contributed by atoms with Crippen molar-refractivity contribution in [3.8, 4) is 0 Å². The summed E-state index contributed by atoms with van der Waals surface area (Å²) in [6, 6.07) is 22.5. The van der Waals surface area contributed by atoms with Gasteiger partial charge in [0.2, 0.25) is 0 Å². The first kappa shape index (κ1) is 12.6. The Morgan fingerprint density at radius 2 is 1.45 bits per heavy atom. The number of carbonyl (C=O) groups excluding carboxylic acids is 1. The minimum atomic E-state index is -0.614. The lowest BCUT2D eigenvalue weighted by molar-refractivity contribution is 0.0961. The van der Waals surface area contributed by atoms with E-state index in [-0.39, 0.29) is 5.78 Å². The lowest BCUT2D eigenvalue weighted by atomic mass is 9.96. The Balaban J connectivity index is 1.96. The van der Waals surface area contributed by atoms with Crippen LogP contribution >= 0.6 is 0 Å². The molecule has 0 saturated carbocycles. The molecule has 0 bridgehead atoms. The van der Waals surface area contributed by atoms with Crippen molar-refractivity contribution in [3.63, 3.8) is 0 Å². The predicted octanol–water partition coefficient (Wildman–Crippen LogP) is 3.72. The maximum Gasteiger partial charge on any atom is 0.184 e. The average molecular weight is 261 g/mol. The van der Waals surface area contributed by atoms with E-state index in [1.54, 1.807) is 0 Å². The van der Waals surface area contributed by atoms with Gasteiger partial charge in [0, 0.05) is 5.56 Å². The van der Waals surface area contributed by atoms with Crippen LogP contribution in [0.15, 0.2) is 72.8 Å². The van der Waals surface area contributed by atoms with E-state index >= 15 is 0 Å². The van der Waals surface area contributed by atoms with Crippen molar-refractivity contribution in [3.05, 3.63) is 83.9 Å². The number of fused-ring (bicyclic) bond motifs is 1. The standard InChI is InChI=1S/C18H15NO/c19-17(14-7-2-1-3-8-14)18(20)16-11-10-13-6-4-5-9-15(13)12-16/h1-12,17H,19H2/t17-/m1/s1. The van der Waals surface area contributed by atoms with Crippen LogP contribution in [0.3, 0.4) is 0 Å². The largest absolute Gasteiger partial charge is 0.318 e. The van der Waals surface area contributed by atoms with E-state index in [1.807, 2.05) is 72.8 Å². The molecular formula is C18H15NO. The van der Waals surface area contributed by atoms with E-state index in [9.17, 15) is 4.79 Å². The van der Waals surface area contributed by atoms with Crippen LogP contribution in [0.5, 0.6) is 0 Å². The topological polar surface area (TPSA) is 43.1 Å². The summed E-state index contributed by atoms with van der Waals surface area (Å²) in [7, 11) is 0. The van der Waals surface area contributed by atoms with Gasteiger partial charge in [-0.15, -0.1) is 0 Å². The molecule has 0 aliphatic carbocycles. The third-order valence-electron chi connectivity index (χ3n) is 3.48. The number of benzene rings is 3. The van der Waals surface area contributed by atoms with Crippen molar-refractivity contribution < 1.29 is 4.79 Å². The van der Waals surface area contributed by atoms with E-state index < -0.39 is 6.04 Å². The molecular weight excluding hydrogens is 246 g/mol. The Labute approximate surface area is 117 Å². The van der Waals surface area contributed by atoms with Crippen LogP contribution in [0.2, 0.25) is 0 Å². The fraction of sp³-hybridized carbons (Fsp3) is 0.0556. The highest BCUT2D eigenvalue weighted by Gasteiger charge is 2.17. The van der Waals surface area contributed by atoms with Gasteiger partial charge in [-0.3, -0.25) is 4.79 Å². The Morgan fingerprint density at radius 1 is 0.800 bits per heavy atom. The van der Waals surface area contributed by atoms with Crippen LogP contribution < -0.4 is 5.73 Å². The van der Waals surface area contributed by atoms with Crippen LogP contribution in [0.1, 0.15) is 22.0 Å². The van der Waals surface area contributed by atoms with Gasteiger partial charge in [0.05, 0.1) is 6.04 Å². The van der Waals surface area contributed by atoms with Crippen LogP contribution in [-0.4, -0.2) is 5.78 Å². The smallest absolute Gasteiger partial charge is 0.184 e. The molecule has 0 amide bonds. The van der Waals surface area contributed by atoms with Crippen LogP contribution in [0.25, 0.3) is 10.8 Å². The number of carbonyl (C=O) groups is 1. The van der Waals surface area contributed by atoms with Gasteiger partial charge < -0.3 is 5.73 Å². The van der Waals surface area contributed by atoms with Crippen LogP contribution in [0.4, 0.5) is 0 Å². The highest BCUT2D eigenvalue weighted by Crippen LogP contribution is 2.20. The van der Waals surface area contributed by atoms with Gasteiger partial charge >= 0.3 is 0 Å². The van der Waals surface area contributed by atoms with Crippen molar-refractivity contribution in [2.24, 2.45) is 5.73 Å². The molecule has 0 heterocycles. The van der Waals surface area contributed by atoms with E-state index in [0.717, 1.165) is 16.3 Å². The first-order valence-electron chi connectivity index (χ1n) is 6.59. The monoisotopic (exact) mass is 261 g/mol. The third kappa shape index (κ3) is 2.33. The van der Waals surface area contributed by atoms with Crippen molar-refractivity contribution in [2.75, 3.05) is 0 Å². The van der Waals surface area contributed by atoms with Crippen molar-refractivity contribution in [1.82, 2.24) is 0 Å². The summed E-state index contributed by atoms with van der Waals surface area (Å²) >= 11 is 0. The zero-order chi connectivity index (χ0) is 13.9. The first-order valence-corrected chi connectivity index (χ1v) is 6.59. The molecule has 2 N–H and O–H groups in total. The SMILES string of the molecule is N[C@@H](C(=O)c1ccc2ccccc2c1)c1ccccc1. The van der Waals surface area contributed by atoms with Gasteiger partial charge in [-0.2, -0.15) is 0 Å². The molecule has 3 rings (SSSR count). The molecule has 0 spiro atoms. The van der Waals surface area contributed by atoms with Crippen molar-refractivity contribution >= 4 is 16.6 Å². The fourth-order valence-corrected chi connectivity index (χ4v) is 2.33. The normalized spacial score (nSPS) is 12.2. The van der Waals surface area contributed by atoms with E-state index in [0.29, 0.717) is 5.56 Å². The highest BCUT2D eigenvalue weighted by molar-refractivity contribution is 6.03. The molecule has 3 aromatic carbocycles. The van der Waals surface area contributed by atoms with Crippen LogP contribution in [0, 0.1) is 0 Å². The van der Waals surface area contributed by atoms with E-state index in [1.165, 1.54) is 0 Å². The second-order valence-electron chi connectivity index (χ2n) is 4.81. The number of hydrogen-bond acceptors (Lipinski definition) is 2. The Hall–Kier alpha value is -2.45. The molecule has 1 atom stereocenters. The maximum absolute atomic E-state index is 12.5. The molecule has 2 heteroatoms. The van der Waals surface area contributed by atoms with Crippen molar-refractivity contribution in [1.29, 1.82) is 0 Å². The fourth-order valence-electron chi connectivity index (χ4n) is 2.33. The average Bonchev–Trinajstić information content (AvgIpc) is 2.54. The van der Waals surface area contributed by atoms with Gasteiger partial charge in [-0.1, -0.05) is 66.7 Å². The molecule has 2 nitrogen and oxygen atoms in total. The zero-order valence-electron chi connectivity index (χ0n) is 11.0. The predicted molar refractivity (Wildman–Crippen MR) is 81.6 cm³/mol. The van der Waals surface area contributed by atoms with Gasteiger partial charge in [-0.05, 0) is 22.4 Å². The van der Waals surface area contributed by atoms with Crippen LogP contribution in [-0.2, 0) is 0 Å². The molecule has 0 aromatic heterocycles. The lowest BCUT2D eigenvalue weighted by Crippen LogP contribution is -2.21. The summed E-state index contributed by atoms with van der Waals surface area (Å²) in [4.78, 5) is 12.5. The van der Waals surface area contributed by atoms with E-state index in [4.69, 9.17) is 5.73 Å². The molecule has 0 aliphatic rings. The third-order valence-corrected chi connectivity index (χ3v) is 3.48. The Kier molecular flexibility index (Phi) is 3.32. The van der Waals surface area contributed by atoms with Crippen molar-refractivity contribution in [2.45, 2.75) is 6.04 Å². The molecule has 0 unspecified atom stereocenters. The Bertz CT molecular complexity index is 749. The molecule has 0 saturated heterocycles. The number of nitrogens with two attached hydrogens (primary N) is 1. The lowest BCUT2D eigenvalue weighted by Gasteiger charge is -2.11. The van der Waals surface area contributed by atoms with Gasteiger partial charge in [-0.25, -0.2) is 0 Å². The maximum atomic E-state index is 12.5. The van der Waals surface area contributed by atoms with Gasteiger partial charge in [0.1, 0.15) is 0 Å². The summed E-state index contributed by atoms with van der Waals surface area (Å²) < 4.78 is 0. The zero-order valence-corrected chi connectivity index (χ0v) is 11.0. The molecule has 0 radical (unpaired) electrons. The van der Waals surface area contributed by atoms with Gasteiger partial charge in [0.25, 0.3) is 0 Å². The number of hydrogen-bond donors (Lipinski definition) is 1. The molecule has 3 aromatic rings. The molecule has 0 fully saturated rings. The summed E-state index contributed by atoms with van der Waals surface area (Å²) in [6.07, 6.45) is 0. The quantitative estimate of drug-likeness (QED) is 0.730. The second-order valence-corrected chi connectivity index (χ2v) is 4.81. The summed E-state index contributed by atoms with van der Waals surface area (Å²) in [5.41, 5.74) is 7.56. The number of ketones is 1. The summed E-state index contributed by atoms with van der Waals surface area (Å²) in [5, 5.41) is 2.18. The minimum Gasteiger partial charge on any atom is -0.318 e. The second kappa shape index (κ2) is 5.27. The van der Waals surface area contributed by atoms with E-state index in [2.05, 4.69) is 0 Å². The Morgan fingerprint density at radius 3 is 2.20 bits per heavy atom. The molecule has 20 heavy (non-hydrogen) atoms. The highest BCUT2D eigenvalue weighted by atomic mass is 16.1. The molecule has 0 aliphatic heterocycles. The first-order chi connectivity index (χ1) is 9.75. The molecule has 98 valence electrons.